The fourth-order valence-corrected chi connectivity index (χ4v) is 2.73. The van der Waals surface area contributed by atoms with E-state index < -0.39 is 0 Å². The Kier molecular flexibility index (Phi) is 5.80. The van der Waals surface area contributed by atoms with Crippen LogP contribution in [0, 0.1) is 0 Å². The van der Waals surface area contributed by atoms with E-state index in [0.717, 1.165) is 37.6 Å². The molecule has 122 valence electrons. The average molecular weight is 307 g/mol. The summed E-state index contributed by atoms with van der Waals surface area (Å²) in [7, 11) is 1.64. The van der Waals surface area contributed by atoms with Crippen molar-refractivity contribution in [1.82, 2.24) is 5.32 Å². The molecule has 22 heavy (non-hydrogen) atoms. The van der Waals surface area contributed by atoms with Crippen molar-refractivity contribution in [2.75, 3.05) is 40.0 Å². The normalized spacial score (nSPS) is 16.3. The third kappa shape index (κ3) is 4.71. The van der Waals surface area contributed by atoms with Crippen LogP contribution in [0.2, 0.25) is 0 Å². The van der Waals surface area contributed by atoms with Crippen molar-refractivity contribution in [3.8, 4) is 5.75 Å². The van der Waals surface area contributed by atoms with Gasteiger partial charge in [0.1, 0.15) is 24.4 Å². The zero-order chi connectivity index (χ0) is 16.0. The lowest BCUT2D eigenvalue weighted by Crippen LogP contribution is -3.22. The maximum absolute atomic E-state index is 12.1. The molecule has 1 fully saturated rings. The van der Waals surface area contributed by atoms with Crippen LogP contribution in [-0.4, -0.2) is 51.4 Å². The second-order valence-electron chi connectivity index (χ2n) is 6.40. The fraction of sp³-hybridized carbons (Fsp3) is 0.588. The van der Waals surface area contributed by atoms with Crippen molar-refractivity contribution < 1.29 is 19.2 Å². The maximum atomic E-state index is 12.1. The van der Waals surface area contributed by atoms with E-state index >= 15 is 0 Å². The molecule has 2 rings (SSSR count). The van der Waals surface area contributed by atoms with E-state index in [1.165, 1.54) is 4.90 Å². The second-order valence-corrected chi connectivity index (χ2v) is 6.40. The molecule has 1 aliphatic rings. The zero-order valence-corrected chi connectivity index (χ0v) is 13.8. The van der Waals surface area contributed by atoms with Gasteiger partial charge < -0.3 is 19.7 Å². The molecule has 0 saturated carbocycles. The van der Waals surface area contributed by atoms with Gasteiger partial charge in [-0.2, -0.15) is 0 Å². The zero-order valence-electron chi connectivity index (χ0n) is 13.8. The Morgan fingerprint density at radius 1 is 1.27 bits per heavy atom. The van der Waals surface area contributed by atoms with Crippen LogP contribution >= 0.6 is 0 Å². The second kappa shape index (κ2) is 7.61. The van der Waals surface area contributed by atoms with Gasteiger partial charge in [0.05, 0.1) is 33.3 Å². The van der Waals surface area contributed by atoms with Crippen LogP contribution in [0.15, 0.2) is 24.3 Å². The maximum Gasteiger partial charge on any atom is 0.224 e. The Bertz CT molecular complexity index is 479. The Morgan fingerprint density at radius 3 is 2.50 bits per heavy atom. The Balaban J connectivity index is 1.80. The largest absolute Gasteiger partial charge is 0.497 e. The molecule has 1 saturated heterocycles. The third-order valence-electron chi connectivity index (χ3n) is 4.30. The molecule has 0 bridgehead atoms. The first kappa shape index (κ1) is 16.8. The van der Waals surface area contributed by atoms with E-state index in [2.05, 4.69) is 19.2 Å². The lowest BCUT2D eigenvalue weighted by molar-refractivity contribution is -0.954. The highest BCUT2D eigenvalue weighted by Crippen LogP contribution is 2.11. The van der Waals surface area contributed by atoms with Gasteiger partial charge >= 0.3 is 0 Å². The molecule has 0 spiro atoms. The van der Waals surface area contributed by atoms with Crippen LogP contribution in [0.5, 0.6) is 5.75 Å². The van der Waals surface area contributed by atoms with Gasteiger partial charge in [0.15, 0.2) is 0 Å². The van der Waals surface area contributed by atoms with Crippen molar-refractivity contribution in [3.05, 3.63) is 29.8 Å². The lowest BCUT2D eigenvalue weighted by Gasteiger charge is -2.37. The van der Waals surface area contributed by atoms with E-state index in [0.29, 0.717) is 13.0 Å². The van der Waals surface area contributed by atoms with E-state index in [-0.39, 0.29) is 11.4 Å². The minimum Gasteiger partial charge on any atom is -0.497 e. The minimum absolute atomic E-state index is 0.0271. The van der Waals surface area contributed by atoms with Crippen LogP contribution in [0.1, 0.15) is 19.4 Å². The fourth-order valence-electron chi connectivity index (χ4n) is 2.73. The number of methoxy groups -OCH3 is 1. The Labute approximate surface area is 132 Å². The predicted octanol–water partition coefficient (Wildman–Crippen LogP) is 0.0476. The number of ether oxygens (including phenoxy) is 2. The number of rotatable bonds is 6. The van der Waals surface area contributed by atoms with E-state index in [4.69, 9.17) is 9.47 Å². The highest BCUT2D eigenvalue weighted by Gasteiger charge is 2.32. The first-order valence-corrected chi connectivity index (χ1v) is 7.84. The van der Waals surface area contributed by atoms with Crippen LogP contribution in [0.3, 0.4) is 0 Å². The predicted molar refractivity (Wildman–Crippen MR) is 85.3 cm³/mol. The molecule has 0 unspecified atom stereocenters. The van der Waals surface area contributed by atoms with Gasteiger partial charge in [-0.15, -0.1) is 0 Å². The number of carbonyl (C=O) groups excluding carboxylic acids is 1. The SMILES string of the molecule is COc1ccc(CC(=O)NCC(C)(C)[NH+]2CCOCC2)cc1. The summed E-state index contributed by atoms with van der Waals surface area (Å²) in [6.07, 6.45) is 0.401. The first-order chi connectivity index (χ1) is 10.5. The van der Waals surface area contributed by atoms with Crippen LogP contribution in [-0.2, 0) is 16.0 Å². The Morgan fingerprint density at radius 2 is 1.91 bits per heavy atom. The first-order valence-electron chi connectivity index (χ1n) is 7.84. The number of carbonyl (C=O) groups is 1. The summed E-state index contributed by atoms with van der Waals surface area (Å²) in [5.74, 6) is 0.868. The molecule has 1 amide bonds. The van der Waals surface area contributed by atoms with E-state index in [9.17, 15) is 4.79 Å². The summed E-state index contributed by atoms with van der Waals surface area (Å²) in [5, 5.41) is 3.07. The van der Waals surface area contributed by atoms with E-state index in [1.807, 2.05) is 24.3 Å². The van der Waals surface area contributed by atoms with Gasteiger partial charge in [-0.05, 0) is 31.5 Å². The van der Waals surface area contributed by atoms with Crippen molar-refractivity contribution in [3.63, 3.8) is 0 Å². The summed E-state index contributed by atoms with van der Waals surface area (Å²) in [4.78, 5) is 13.6. The number of quaternary nitrogens is 1. The van der Waals surface area contributed by atoms with Gasteiger partial charge in [0.25, 0.3) is 0 Å². The summed E-state index contributed by atoms with van der Waals surface area (Å²) in [6, 6.07) is 7.61. The van der Waals surface area contributed by atoms with Crippen molar-refractivity contribution >= 4 is 5.91 Å². The van der Waals surface area contributed by atoms with Gasteiger partial charge in [-0.1, -0.05) is 12.1 Å². The molecule has 1 aromatic carbocycles. The van der Waals surface area contributed by atoms with Crippen LogP contribution < -0.4 is 15.0 Å². The third-order valence-corrected chi connectivity index (χ3v) is 4.30. The topological polar surface area (TPSA) is 52.0 Å². The molecule has 5 heteroatoms. The van der Waals surface area contributed by atoms with Crippen LogP contribution in [0.25, 0.3) is 0 Å². The molecule has 1 aliphatic heterocycles. The number of nitrogens with one attached hydrogen (secondary N) is 2. The molecule has 0 radical (unpaired) electrons. The smallest absolute Gasteiger partial charge is 0.224 e. The summed E-state index contributed by atoms with van der Waals surface area (Å²) in [5.41, 5.74) is 1.02. The quantitative estimate of drug-likeness (QED) is 0.781. The minimum atomic E-state index is 0.0271. The molecular weight excluding hydrogens is 280 g/mol. The van der Waals surface area contributed by atoms with E-state index in [1.54, 1.807) is 7.11 Å². The number of amides is 1. The summed E-state index contributed by atoms with van der Waals surface area (Å²) >= 11 is 0. The average Bonchev–Trinajstić information content (AvgIpc) is 2.55. The van der Waals surface area contributed by atoms with Crippen molar-refractivity contribution in [1.29, 1.82) is 0 Å². The molecule has 0 aromatic heterocycles. The number of morpholine rings is 1. The summed E-state index contributed by atoms with van der Waals surface area (Å²) in [6.45, 7) is 8.68. The summed E-state index contributed by atoms with van der Waals surface area (Å²) < 4.78 is 10.5. The molecule has 5 nitrogen and oxygen atoms in total. The van der Waals surface area contributed by atoms with Crippen molar-refractivity contribution in [2.24, 2.45) is 0 Å². The van der Waals surface area contributed by atoms with Crippen LogP contribution in [0.4, 0.5) is 0 Å². The van der Waals surface area contributed by atoms with Gasteiger partial charge in [0.2, 0.25) is 5.91 Å². The molecule has 0 atom stereocenters. The van der Waals surface area contributed by atoms with Gasteiger partial charge in [0, 0.05) is 0 Å². The monoisotopic (exact) mass is 307 g/mol. The molecular formula is C17H27N2O3+. The Hall–Kier alpha value is -1.59. The number of benzene rings is 1. The highest BCUT2D eigenvalue weighted by molar-refractivity contribution is 5.78. The number of hydrogen-bond donors (Lipinski definition) is 2. The molecule has 1 heterocycles. The molecule has 2 N–H and O–H groups in total. The number of hydrogen-bond acceptors (Lipinski definition) is 3. The molecule has 0 aliphatic carbocycles. The van der Waals surface area contributed by atoms with Crippen molar-refractivity contribution in [2.45, 2.75) is 25.8 Å². The standard InChI is InChI=1S/C17H26N2O3/c1-17(2,19-8-10-22-11-9-19)13-18-16(20)12-14-4-6-15(21-3)7-5-14/h4-7H,8-13H2,1-3H3,(H,18,20)/p+1. The molecule has 1 aromatic rings. The highest BCUT2D eigenvalue weighted by atomic mass is 16.5. The van der Waals surface area contributed by atoms with Gasteiger partial charge in [-0.25, -0.2) is 0 Å². The lowest BCUT2D eigenvalue weighted by atomic mass is 10.0. The van der Waals surface area contributed by atoms with Gasteiger partial charge in [-0.3, -0.25) is 4.79 Å².